The van der Waals surface area contributed by atoms with Crippen molar-refractivity contribution in [3.63, 3.8) is 0 Å². The molecule has 10 nitrogen and oxygen atoms in total. The number of esters is 1. The van der Waals surface area contributed by atoms with Gasteiger partial charge in [0.1, 0.15) is 5.75 Å². The third-order valence-corrected chi connectivity index (χ3v) is 4.75. The number of para-hydroxylation sites is 1. The van der Waals surface area contributed by atoms with Crippen LogP contribution in [0.25, 0.3) is 11.4 Å². The first-order valence-electron chi connectivity index (χ1n) is 10.7. The van der Waals surface area contributed by atoms with E-state index in [2.05, 4.69) is 15.5 Å². The van der Waals surface area contributed by atoms with Crippen LogP contribution in [0.2, 0.25) is 0 Å². The zero-order valence-electron chi connectivity index (χ0n) is 19.7. The third-order valence-electron chi connectivity index (χ3n) is 4.75. The topological polar surface area (TPSA) is 122 Å². The van der Waals surface area contributed by atoms with Gasteiger partial charge in [0.2, 0.25) is 11.7 Å². The van der Waals surface area contributed by atoms with E-state index in [1.165, 1.54) is 26.4 Å². The number of aromatic nitrogens is 2. The second-order valence-electron chi connectivity index (χ2n) is 7.41. The Hall–Kier alpha value is -4.08. The van der Waals surface area contributed by atoms with Gasteiger partial charge in [0, 0.05) is 18.1 Å². The number of methoxy groups -OCH3 is 2. The SMILES string of the molecule is CCOc1ccccc1-c1noc(COC(=O)c2cc(OC)c(OC)cc2NC(=O)C(C)C)n1. The summed E-state index contributed by atoms with van der Waals surface area (Å²) < 4.78 is 26.8. The van der Waals surface area contributed by atoms with Crippen LogP contribution < -0.4 is 19.5 Å². The van der Waals surface area contributed by atoms with E-state index in [-0.39, 0.29) is 35.6 Å². The maximum absolute atomic E-state index is 12.9. The van der Waals surface area contributed by atoms with E-state index < -0.39 is 5.97 Å². The van der Waals surface area contributed by atoms with Crippen molar-refractivity contribution in [2.45, 2.75) is 27.4 Å². The van der Waals surface area contributed by atoms with Crippen molar-refractivity contribution in [2.24, 2.45) is 5.92 Å². The lowest BCUT2D eigenvalue weighted by Crippen LogP contribution is -2.20. The first kappa shape index (κ1) is 24.6. The van der Waals surface area contributed by atoms with Crippen LogP contribution in [0, 0.1) is 5.92 Å². The summed E-state index contributed by atoms with van der Waals surface area (Å²) in [5.74, 6) is 0.412. The maximum atomic E-state index is 12.9. The molecule has 0 unspecified atom stereocenters. The molecule has 10 heteroatoms. The summed E-state index contributed by atoms with van der Waals surface area (Å²) in [6.45, 7) is 5.58. The van der Waals surface area contributed by atoms with Gasteiger partial charge in [-0.25, -0.2) is 4.79 Å². The van der Waals surface area contributed by atoms with Gasteiger partial charge in [-0.05, 0) is 19.1 Å². The van der Waals surface area contributed by atoms with Crippen LogP contribution in [-0.2, 0) is 16.1 Å². The van der Waals surface area contributed by atoms with Gasteiger partial charge in [0.05, 0.1) is 37.6 Å². The number of benzene rings is 2. The Labute approximate surface area is 197 Å². The minimum atomic E-state index is -0.713. The number of nitrogens with one attached hydrogen (secondary N) is 1. The van der Waals surface area contributed by atoms with Gasteiger partial charge >= 0.3 is 5.97 Å². The lowest BCUT2D eigenvalue weighted by Gasteiger charge is -2.16. The molecule has 34 heavy (non-hydrogen) atoms. The number of nitrogens with zero attached hydrogens (tertiary/aromatic N) is 2. The van der Waals surface area contributed by atoms with E-state index in [0.717, 1.165) is 0 Å². The largest absolute Gasteiger partial charge is 0.493 e. The Morgan fingerprint density at radius 2 is 1.76 bits per heavy atom. The van der Waals surface area contributed by atoms with Gasteiger partial charge in [-0.2, -0.15) is 4.98 Å². The molecule has 1 amide bonds. The first-order chi connectivity index (χ1) is 16.4. The van der Waals surface area contributed by atoms with Crippen LogP contribution in [0.5, 0.6) is 17.2 Å². The predicted molar refractivity (Wildman–Crippen MR) is 123 cm³/mol. The number of anilines is 1. The number of rotatable bonds is 10. The molecule has 2 aromatic carbocycles. The first-order valence-corrected chi connectivity index (χ1v) is 10.7. The molecule has 180 valence electrons. The second kappa shape index (κ2) is 11.2. The fraction of sp³-hybridized carbons (Fsp3) is 0.333. The lowest BCUT2D eigenvalue weighted by molar-refractivity contribution is -0.118. The van der Waals surface area contributed by atoms with E-state index in [1.54, 1.807) is 26.0 Å². The van der Waals surface area contributed by atoms with Crippen molar-refractivity contribution >= 4 is 17.6 Å². The molecule has 1 N–H and O–H groups in total. The standard InChI is InChI=1S/C24H27N3O7/c1-6-32-18-10-8-7-9-15(18)22-26-21(34-27-22)13-33-24(29)16-11-19(30-4)20(31-5)12-17(16)25-23(28)14(2)3/h7-12,14H,6,13H2,1-5H3,(H,25,28). The Kier molecular flexibility index (Phi) is 8.07. The molecule has 3 rings (SSSR count). The maximum Gasteiger partial charge on any atom is 0.340 e. The summed E-state index contributed by atoms with van der Waals surface area (Å²) in [7, 11) is 2.90. The van der Waals surface area contributed by atoms with Crippen molar-refractivity contribution in [3.8, 4) is 28.6 Å². The van der Waals surface area contributed by atoms with Crippen molar-refractivity contribution < 1.29 is 33.1 Å². The fourth-order valence-electron chi connectivity index (χ4n) is 2.99. The van der Waals surface area contributed by atoms with E-state index in [1.807, 2.05) is 19.1 Å². The summed E-state index contributed by atoms with van der Waals surface area (Å²) >= 11 is 0. The van der Waals surface area contributed by atoms with Crippen LogP contribution in [-0.4, -0.2) is 42.8 Å². The molecule has 0 atom stereocenters. The monoisotopic (exact) mass is 469 g/mol. The van der Waals surface area contributed by atoms with E-state index >= 15 is 0 Å². The number of carbonyl (C=O) groups is 2. The highest BCUT2D eigenvalue weighted by Crippen LogP contribution is 2.34. The molecule has 1 aromatic heterocycles. The van der Waals surface area contributed by atoms with Gasteiger partial charge in [-0.15, -0.1) is 0 Å². The van der Waals surface area contributed by atoms with E-state index in [4.69, 9.17) is 23.5 Å². The molecular formula is C24H27N3O7. The fourth-order valence-corrected chi connectivity index (χ4v) is 2.99. The van der Waals surface area contributed by atoms with Crippen LogP contribution >= 0.6 is 0 Å². The third kappa shape index (κ3) is 5.64. The molecule has 0 saturated carbocycles. The molecule has 0 fully saturated rings. The predicted octanol–water partition coefficient (Wildman–Crippen LogP) is 4.10. The molecule has 0 saturated heterocycles. The van der Waals surface area contributed by atoms with Crippen LogP contribution in [0.15, 0.2) is 40.9 Å². The minimum absolute atomic E-state index is 0.0908. The number of ether oxygens (including phenoxy) is 4. The quantitative estimate of drug-likeness (QED) is 0.437. The zero-order valence-corrected chi connectivity index (χ0v) is 19.7. The van der Waals surface area contributed by atoms with Gasteiger partial charge < -0.3 is 28.8 Å². The van der Waals surface area contributed by atoms with Crippen molar-refractivity contribution in [1.82, 2.24) is 10.1 Å². The number of hydrogen-bond donors (Lipinski definition) is 1. The van der Waals surface area contributed by atoms with E-state index in [0.29, 0.717) is 35.2 Å². The summed E-state index contributed by atoms with van der Waals surface area (Å²) in [5.41, 5.74) is 0.982. The summed E-state index contributed by atoms with van der Waals surface area (Å²) in [6, 6.07) is 10.2. The molecule has 0 bridgehead atoms. The molecular weight excluding hydrogens is 442 g/mol. The smallest absolute Gasteiger partial charge is 0.340 e. The van der Waals surface area contributed by atoms with Crippen LogP contribution in [0.1, 0.15) is 37.0 Å². The molecule has 0 aliphatic rings. The lowest BCUT2D eigenvalue weighted by atomic mass is 10.1. The second-order valence-corrected chi connectivity index (χ2v) is 7.41. The highest BCUT2D eigenvalue weighted by molar-refractivity contribution is 6.02. The highest BCUT2D eigenvalue weighted by atomic mass is 16.6. The summed E-state index contributed by atoms with van der Waals surface area (Å²) in [5, 5.41) is 6.67. The molecule has 0 aliphatic carbocycles. The normalized spacial score (nSPS) is 10.6. The van der Waals surface area contributed by atoms with Gasteiger partial charge in [-0.3, -0.25) is 4.79 Å². The molecule has 3 aromatic rings. The van der Waals surface area contributed by atoms with Gasteiger partial charge in [-0.1, -0.05) is 31.1 Å². The van der Waals surface area contributed by atoms with E-state index in [9.17, 15) is 9.59 Å². The Bertz CT molecular complexity index is 1160. The van der Waals surface area contributed by atoms with Crippen LogP contribution in [0.4, 0.5) is 5.69 Å². The Morgan fingerprint density at radius 3 is 2.44 bits per heavy atom. The molecule has 0 aliphatic heterocycles. The van der Waals surface area contributed by atoms with Crippen LogP contribution in [0.3, 0.4) is 0 Å². The van der Waals surface area contributed by atoms with Crippen molar-refractivity contribution in [1.29, 1.82) is 0 Å². The summed E-state index contributed by atoms with van der Waals surface area (Å²) in [4.78, 5) is 29.4. The number of carbonyl (C=O) groups excluding carboxylic acids is 2. The molecule has 1 heterocycles. The van der Waals surface area contributed by atoms with Gasteiger partial charge in [0.15, 0.2) is 18.1 Å². The molecule has 0 radical (unpaired) electrons. The highest BCUT2D eigenvalue weighted by Gasteiger charge is 2.22. The Balaban J connectivity index is 1.80. The van der Waals surface area contributed by atoms with Gasteiger partial charge in [0.25, 0.3) is 5.89 Å². The number of hydrogen-bond acceptors (Lipinski definition) is 9. The zero-order chi connectivity index (χ0) is 24.7. The average molecular weight is 469 g/mol. The summed E-state index contributed by atoms with van der Waals surface area (Å²) in [6.07, 6.45) is 0. The number of amides is 1. The minimum Gasteiger partial charge on any atom is -0.493 e. The molecule has 0 spiro atoms. The Morgan fingerprint density at radius 1 is 1.06 bits per heavy atom. The van der Waals surface area contributed by atoms with Crippen molar-refractivity contribution in [3.05, 3.63) is 47.9 Å². The average Bonchev–Trinajstić information content (AvgIpc) is 3.31. The van der Waals surface area contributed by atoms with Crippen molar-refractivity contribution in [2.75, 3.05) is 26.1 Å².